The fourth-order valence-electron chi connectivity index (χ4n) is 4.55. The normalized spacial score (nSPS) is 24.1. The summed E-state index contributed by atoms with van der Waals surface area (Å²) >= 11 is 0. The summed E-state index contributed by atoms with van der Waals surface area (Å²) in [7, 11) is -1.34. The molecule has 0 aromatic heterocycles. The van der Waals surface area contributed by atoms with Gasteiger partial charge in [-0.2, -0.15) is 0 Å². The molecule has 7 heteroatoms. The van der Waals surface area contributed by atoms with Crippen molar-refractivity contribution in [1.29, 1.82) is 0 Å². The summed E-state index contributed by atoms with van der Waals surface area (Å²) in [5.41, 5.74) is 2.56. The van der Waals surface area contributed by atoms with Gasteiger partial charge in [0.2, 0.25) is 0 Å². The Kier molecular flexibility index (Phi) is 4.50. The SMILES string of the molecule is CC1(C)OB(c2ccc3c(c2B2OC(C)(C)C(C)(C)O2)C(=O)c2ccccc2-3)OC1(C)C. The van der Waals surface area contributed by atoms with E-state index in [4.69, 9.17) is 18.6 Å². The van der Waals surface area contributed by atoms with Gasteiger partial charge in [-0.05, 0) is 77.4 Å². The van der Waals surface area contributed by atoms with Gasteiger partial charge >= 0.3 is 14.2 Å². The van der Waals surface area contributed by atoms with Crippen molar-refractivity contribution in [3.8, 4) is 11.1 Å². The molecule has 2 saturated heterocycles. The smallest absolute Gasteiger partial charge is 0.399 e. The third-order valence-corrected chi connectivity index (χ3v) is 7.96. The fourth-order valence-corrected chi connectivity index (χ4v) is 4.55. The molecule has 0 unspecified atom stereocenters. The Labute approximate surface area is 191 Å². The van der Waals surface area contributed by atoms with E-state index >= 15 is 0 Å². The van der Waals surface area contributed by atoms with Crippen molar-refractivity contribution in [3.05, 3.63) is 47.5 Å². The highest BCUT2D eigenvalue weighted by atomic mass is 16.7. The summed E-state index contributed by atoms with van der Waals surface area (Å²) in [5.74, 6) is -0.0151. The van der Waals surface area contributed by atoms with Crippen LogP contribution in [-0.4, -0.2) is 42.4 Å². The topological polar surface area (TPSA) is 54.0 Å². The molecule has 166 valence electrons. The lowest BCUT2D eigenvalue weighted by atomic mass is 9.62. The van der Waals surface area contributed by atoms with Crippen LogP contribution in [0.5, 0.6) is 0 Å². The molecule has 2 fully saturated rings. The van der Waals surface area contributed by atoms with Crippen LogP contribution in [0.1, 0.15) is 71.3 Å². The van der Waals surface area contributed by atoms with Gasteiger partial charge in [-0.25, -0.2) is 0 Å². The first-order chi connectivity index (χ1) is 14.8. The minimum atomic E-state index is -0.706. The molecule has 0 atom stereocenters. The van der Waals surface area contributed by atoms with E-state index in [1.807, 2.05) is 91.8 Å². The van der Waals surface area contributed by atoms with E-state index in [1.165, 1.54) is 0 Å². The van der Waals surface area contributed by atoms with Crippen LogP contribution in [0.25, 0.3) is 11.1 Å². The molecule has 2 aromatic carbocycles. The molecular formula is C25H30B2O5. The number of carbonyl (C=O) groups excluding carboxylic acids is 1. The average molecular weight is 432 g/mol. The zero-order chi connectivity index (χ0) is 23.3. The number of fused-ring (bicyclic) bond motifs is 3. The van der Waals surface area contributed by atoms with E-state index in [2.05, 4.69) is 0 Å². The van der Waals surface area contributed by atoms with E-state index in [-0.39, 0.29) is 5.78 Å². The van der Waals surface area contributed by atoms with E-state index in [0.29, 0.717) is 16.6 Å². The summed E-state index contributed by atoms with van der Waals surface area (Å²) in [6, 6.07) is 11.7. The van der Waals surface area contributed by atoms with Crippen molar-refractivity contribution < 1.29 is 23.4 Å². The van der Waals surface area contributed by atoms with Crippen molar-refractivity contribution in [1.82, 2.24) is 0 Å². The second kappa shape index (κ2) is 6.57. The Hall–Kier alpha value is -1.92. The maximum atomic E-state index is 13.6. The van der Waals surface area contributed by atoms with Crippen LogP contribution in [0.15, 0.2) is 36.4 Å². The standard InChI is InChI=1S/C25H30B2O5/c1-22(2)23(3,4)30-26(29-22)18-14-13-16-15-11-9-10-12-17(15)21(28)19(16)20(18)27-31-24(5,6)25(7,8)32-27/h9-14H,1-8H3. The second-order valence-corrected chi connectivity index (χ2v) is 11.0. The Morgan fingerprint density at radius 2 is 1.06 bits per heavy atom. The molecule has 0 N–H and O–H groups in total. The molecule has 2 aliphatic heterocycles. The van der Waals surface area contributed by atoms with Crippen LogP contribution < -0.4 is 10.9 Å². The highest BCUT2D eigenvalue weighted by Gasteiger charge is 2.57. The summed E-state index contributed by atoms with van der Waals surface area (Å²) in [4.78, 5) is 13.6. The van der Waals surface area contributed by atoms with Crippen molar-refractivity contribution in [2.75, 3.05) is 0 Å². The quantitative estimate of drug-likeness (QED) is 0.581. The first-order valence-electron chi connectivity index (χ1n) is 11.3. The highest BCUT2D eigenvalue weighted by molar-refractivity contribution is 6.76. The molecule has 0 spiro atoms. The molecule has 0 bridgehead atoms. The molecule has 5 rings (SSSR count). The monoisotopic (exact) mass is 432 g/mol. The largest absolute Gasteiger partial charge is 0.495 e. The number of rotatable bonds is 2. The molecular weight excluding hydrogens is 402 g/mol. The molecule has 1 aliphatic carbocycles. The van der Waals surface area contributed by atoms with Gasteiger partial charge < -0.3 is 18.6 Å². The zero-order valence-corrected chi connectivity index (χ0v) is 20.2. The molecule has 0 saturated carbocycles. The Bertz CT molecular complexity index is 1100. The van der Waals surface area contributed by atoms with Crippen LogP contribution in [0, 0.1) is 0 Å². The summed E-state index contributed by atoms with van der Waals surface area (Å²) < 4.78 is 25.6. The molecule has 0 amide bonds. The second-order valence-electron chi connectivity index (χ2n) is 11.0. The van der Waals surface area contributed by atoms with Gasteiger partial charge in [0.15, 0.2) is 5.78 Å². The summed E-state index contributed by atoms with van der Waals surface area (Å²) in [6.45, 7) is 16.2. The molecule has 2 aromatic rings. The molecule has 32 heavy (non-hydrogen) atoms. The summed E-state index contributed by atoms with van der Waals surface area (Å²) in [6.07, 6.45) is 0. The Morgan fingerprint density at radius 1 is 0.594 bits per heavy atom. The summed E-state index contributed by atoms with van der Waals surface area (Å²) in [5, 5.41) is 0. The average Bonchev–Trinajstić information content (AvgIpc) is 3.19. The van der Waals surface area contributed by atoms with Gasteiger partial charge in [-0.3, -0.25) is 4.79 Å². The number of benzene rings is 2. The van der Waals surface area contributed by atoms with Gasteiger partial charge in [0.05, 0.1) is 22.4 Å². The van der Waals surface area contributed by atoms with Crippen molar-refractivity contribution in [2.24, 2.45) is 0 Å². The van der Waals surface area contributed by atoms with Gasteiger partial charge in [0.1, 0.15) is 0 Å². The predicted molar refractivity (Wildman–Crippen MR) is 127 cm³/mol. The van der Waals surface area contributed by atoms with Gasteiger partial charge in [0.25, 0.3) is 0 Å². The van der Waals surface area contributed by atoms with Crippen molar-refractivity contribution in [2.45, 2.75) is 77.8 Å². The third-order valence-electron chi connectivity index (χ3n) is 7.96. The maximum absolute atomic E-state index is 13.6. The van der Waals surface area contributed by atoms with Crippen LogP contribution in [0.3, 0.4) is 0 Å². The number of hydrogen-bond donors (Lipinski definition) is 0. The minimum Gasteiger partial charge on any atom is -0.399 e. The lowest BCUT2D eigenvalue weighted by Crippen LogP contribution is -2.53. The number of ketones is 1. The third kappa shape index (κ3) is 2.91. The van der Waals surface area contributed by atoms with E-state index in [9.17, 15) is 4.79 Å². The van der Waals surface area contributed by atoms with Gasteiger partial charge in [-0.1, -0.05) is 36.4 Å². The van der Waals surface area contributed by atoms with Crippen molar-refractivity contribution >= 4 is 30.9 Å². The zero-order valence-electron chi connectivity index (χ0n) is 20.2. The number of carbonyl (C=O) groups is 1. The van der Waals surface area contributed by atoms with Crippen molar-refractivity contribution in [3.63, 3.8) is 0 Å². The lowest BCUT2D eigenvalue weighted by Gasteiger charge is -2.32. The Morgan fingerprint density at radius 3 is 1.59 bits per heavy atom. The van der Waals surface area contributed by atoms with E-state index in [0.717, 1.165) is 16.6 Å². The highest BCUT2D eigenvalue weighted by Crippen LogP contribution is 2.41. The van der Waals surface area contributed by atoms with Gasteiger partial charge in [0, 0.05) is 11.1 Å². The van der Waals surface area contributed by atoms with Gasteiger partial charge in [-0.15, -0.1) is 0 Å². The first kappa shape index (κ1) is 21.9. The molecule has 0 radical (unpaired) electrons. The van der Waals surface area contributed by atoms with E-state index in [1.54, 1.807) is 0 Å². The predicted octanol–water partition coefficient (Wildman–Crippen LogP) is 3.50. The fraction of sp³-hybridized carbons (Fsp3) is 0.480. The molecule has 2 heterocycles. The van der Waals surface area contributed by atoms with Crippen LogP contribution in [0.2, 0.25) is 0 Å². The van der Waals surface area contributed by atoms with E-state index < -0.39 is 36.6 Å². The van der Waals surface area contributed by atoms with Crippen LogP contribution >= 0.6 is 0 Å². The lowest BCUT2D eigenvalue weighted by molar-refractivity contribution is 0.00578. The first-order valence-corrected chi connectivity index (χ1v) is 11.3. The maximum Gasteiger partial charge on any atom is 0.495 e. The Balaban J connectivity index is 1.71. The van der Waals surface area contributed by atoms with Crippen LogP contribution in [0.4, 0.5) is 0 Å². The molecule has 5 nitrogen and oxygen atoms in total. The number of hydrogen-bond acceptors (Lipinski definition) is 5. The van der Waals surface area contributed by atoms with Crippen LogP contribution in [-0.2, 0) is 18.6 Å². The minimum absolute atomic E-state index is 0.0151. The molecule has 3 aliphatic rings.